The van der Waals surface area contributed by atoms with Crippen molar-refractivity contribution in [2.45, 2.75) is 18.9 Å². The van der Waals surface area contributed by atoms with E-state index in [1.54, 1.807) is 24.3 Å². The number of nitrogens with zero attached hydrogens (tertiary/aromatic N) is 1. The van der Waals surface area contributed by atoms with Gasteiger partial charge in [0.15, 0.2) is 0 Å². The van der Waals surface area contributed by atoms with E-state index in [4.69, 9.17) is 5.26 Å². The van der Waals surface area contributed by atoms with Crippen molar-refractivity contribution in [3.8, 4) is 6.07 Å². The molecule has 0 heterocycles. The van der Waals surface area contributed by atoms with E-state index in [2.05, 4.69) is 10.1 Å². The number of carbonyl (C=O) groups is 2. The van der Waals surface area contributed by atoms with Crippen molar-refractivity contribution >= 4 is 11.9 Å². The van der Waals surface area contributed by atoms with E-state index in [1.807, 2.05) is 6.07 Å². The molecule has 0 bridgehead atoms. The zero-order chi connectivity index (χ0) is 19.1. The summed E-state index contributed by atoms with van der Waals surface area (Å²) in [6.45, 7) is 0. The quantitative estimate of drug-likeness (QED) is 0.804. The van der Waals surface area contributed by atoms with Crippen LogP contribution in [0.2, 0.25) is 0 Å². The Morgan fingerprint density at radius 1 is 1.23 bits per heavy atom. The van der Waals surface area contributed by atoms with Gasteiger partial charge in [0.05, 0.1) is 25.2 Å². The molecule has 1 atom stereocenters. The molecule has 2 rings (SSSR count). The van der Waals surface area contributed by atoms with Crippen LogP contribution in [0.1, 0.15) is 16.7 Å². The van der Waals surface area contributed by atoms with Crippen LogP contribution >= 0.6 is 0 Å². The Morgan fingerprint density at radius 3 is 2.65 bits per heavy atom. The summed E-state index contributed by atoms with van der Waals surface area (Å²) in [6, 6.07) is 10.5. The third kappa shape index (κ3) is 5.11. The van der Waals surface area contributed by atoms with E-state index in [9.17, 15) is 18.4 Å². The standard InChI is InChI=1S/C19H16F2N2O3/c1-26-19(25)17(8-12-3-2-4-13(7-12)11-22)23-18(24)9-14-5-6-15(20)10-16(14)21/h2-7,10,17H,8-9H2,1H3,(H,23,24)/t17-/m0/s1. The van der Waals surface area contributed by atoms with Crippen molar-refractivity contribution in [2.75, 3.05) is 7.11 Å². The average Bonchev–Trinajstić information content (AvgIpc) is 2.63. The molecule has 5 nitrogen and oxygen atoms in total. The maximum atomic E-state index is 13.7. The van der Waals surface area contributed by atoms with Crippen LogP contribution in [0.25, 0.3) is 0 Å². The lowest BCUT2D eigenvalue weighted by molar-refractivity contribution is -0.145. The van der Waals surface area contributed by atoms with Gasteiger partial charge in [-0.15, -0.1) is 0 Å². The van der Waals surface area contributed by atoms with Gasteiger partial charge >= 0.3 is 5.97 Å². The van der Waals surface area contributed by atoms with E-state index < -0.39 is 29.6 Å². The van der Waals surface area contributed by atoms with Crippen molar-refractivity contribution in [2.24, 2.45) is 0 Å². The summed E-state index contributed by atoms with van der Waals surface area (Å²) in [5, 5.41) is 11.4. The molecule has 0 aliphatic carbocycles. The van der Waals surface area contributed by atoms with E-state index in [0.29, 0.717) is 17.2 Å². The molecule has 0 unspecified atom stereocenters. The molecule has 1 amide bonds. The Bertz CT molecular complexity index is 862. The predicted molar refractivity (Wildman–Crippen MR) is 88.9 cm³/mol. The molecule has 2 aromatic rings. The van der Waals surface area contributed by atoms with Gasteiger partial charge in [0.25, 0.3) is 0 Å². The Morgan fingerprint density at radius 2 is 2.00 bits per heavy atom. The topological polar surface area (TPSA) is 79.2 Å². The van der Waals surface area contributed by atoms with Crippen molar-refractivity contribution in [3.05, 3.63) is 70.8 Å². The van der Waals surface area contributed by atoms with Crippen LogP contribution in [0.5, 0.6) is 0 Å². The van der Waals surface area contributed by atoms with Gasteiger partial charge in [0, 0.05) is 12.5 Å². The van der Waals surface area contributed by atoms with Gasteiger partial charge in [-0.2, -0.15) is 5.26 Å². The molecule has 2 aromatic carbocycles. The number of methoxy groups -OCH3 is 1. The van der Waals surface area contributed by atoms with E-state index >= 15 is 0 Å². The highest BCUT2D eigenvalue weighted by Crippen LogP contribution is 2.11. The number of ether oxygens (including phenoxy) is 1. The first-order valence-corrected chi connectivity index (χ1v) is 7.73. The number of hydrogen-bond donors (Lipinski definition) is 1. The molecule has 0 radical (unpaired) electrons. The molecular weight excluding hydrogens is 342 g/mol. The van der Waals surface area contributed by atoms with E-state index in [-0.39, 0.29) is 18.4 Å². The summed E-state index contributed by atoms with van der Waals surface area (Å²) < 4.78 is 31.3. The first-order chi connectivity index (χ1) is 12.4. The minimum Gasteiger partial charge on any atom is -0.467 e. The SMILES string of the molecule is COC(=O)[C@H](Cc1cccc(C#N)c1)NC(=O)Cc1ccc(F)cc1F. The van der Waals surface area contributed by atoms with Crippen LogP contribution < -0.4 is 5.32 Å². The van der Waals surface area contributed by atoms with E-state index in [1.165, 1.54) is 13.2 Å². The summed E-state index contributed by atoms with van der Waals surface area (Å²) in [7, 11) is 1.19. The van der Waals surface area contributed by atoms with Crippen LogP contribution in [-0.4, -0.2) is 25.0 Å². The van der Waals surface area contributed by atoms with Crippen molar-refractivity contribution in [1.29, 1.82) is 5.26 Å². The number of rotatable bonds is 6. The van der Waals surface area contributed by atoms with Gasteiger partial charge in [0.2, 0.25) is 5.91 Å². The molecule has 26 heavy (non-hydrogen) atoms. The fourth-order valence-electron chi connectivity index (χ4n) is 2.42. The number of nitriles is 1. The zero-order valence-corrected chi connectivity index (χ0v) is 14.0. The predicted octanol–water partition coefficient (Wildman–Crippen LogP) is 2.28. The van der Waals surface area contributed by atoms with Crippen molar-refractivity contribution in [3.63, 3.8) is 0 Å². The molecular formula is C19H16F2N2O3. The third-order valence-corrected chi connectivity index (χ3v) is 3.68. The molecule has 0 aromatic heterocycles. The lowest BCUT2D eigenvalue weighted by atomic mass is 10.0. The highest BCUT2D eigenvalue weighted by molar-refractivity contribution is 5.85. The van der Waals surface area contributed by atoms with Gasteiger partial charge in [-0.25, -0.2) is 13.6 Å². The maximum Gasteiger partial charge on any atom is 0.328 e. The van der Waals surface area contributed by atoms with Crippen LogP contribution in [-0.2, 0) is 27.2 Å². The molecule has 0 spiro atoms. The van der Waals surface area contributed by atoms with Gasteiger partial charge in [-0.05, 0) is 29.3 Å². The second-order valence-corrected chi connectivity index (χ2v) is 5.57. The van der Waals surface area contributed by atoms with Crippen molar-refractivity contribution < 1.29 is 23.1 Å². The smallest absolute Gasteiger partial charge is 0.328 e. The Hall–Kier alpha value is -3.27. The lowest BCUT2D eigenvalue weighted by Crippen LogP contribution is -2.43. The van der Waals surface area contributed by atoms with Gasteiger partial charge in [-0.1, -0.05) is 18.2 Å². The highest BCUT2D eigenvalue weighted by atomic mass is 19.1. The zero-order valence-electron chi connectivity index (χ0n) is 14.0. The fraction of sp³-hybridized carbons (Fsp3) is 0.211. The number of nitrogens with one attached hydrogen (secondary N) is 1. The summed E-state index contributed by atoms with van der Waals surface area (Å²) in [6.07, 6.45) is -0.238. The normalized spacial score (nSPS) is 11.3. The third-order valence-electron chi connectivity index (χ3n) is 3.68. The van der Waals surface area contributed by atoms with Crippen LogP contribution in [0, 0.1) is 23.0 Å². The minimum absolute atomic E-state index is 0.0130. The molecule has 0 saturated carbocycles. The molecule has 134 valence electrons. The summed E-state index contributed by atoms with van der Waals surface area (Å²) in [4.78, 5) is 24.1. The minimum atomic E-state index is -0.995. The number of hydrogen-bond acceptors (Lipinski definition) is 4. The molecule has 1 N–H and O–H groups in total. The van der Waals surface area contributed by atoms with Crippen LogP contribution in [0.4, 0.5) is 8.78 Å². The number of esters is 1. The fourth-order valence-corrected chi connectivity index (χ4v) is 2.42. The van der Waals surface area contributed by atoms with Crippen LogP contribution in [0.3, 0.4) is 0 Å². The molecule has 0 saturated heterocycles. The van der Waals surface area contributed by atoms with E-state index in [0.717, 1.165) is 6.07 Å². The molecule has 7 heteroatoms. The number of amides is 1. The number of benzene rings is 2. The van der Waals surface area contributed by atoms with Crippen molar-refractivity contribution in [1.82, 2.24) is 5.32 Å². The lowest BCUT2D eigenvalue weighted by Gasteiger charge is -2.17. The summed E-state index contributed by atoms with van der Waals surface area (Å²) in [5.41, 5.74) is 1.09. The first-order valence-electron chi connectivity index (χ1n) is 7.73. The summed E-state index contributed by atoms with van der Waals surface area (Å²) >= 11 is 0. The average molecular weight is 358 g/mol. The van der Waals surface area contributed by atoms with Gasteiger partial charge < -0.3 is 10.1 Å². The maximum absolute atomic E-state index is 13.7. The largest absolute Gasteiger partial charge is 0.467 e. The molecule has 0 aliphatic rings. The Kier molecular flexibility index (Phi) is 6.39. The second kappa shape index (κ2) is 8.72. The molecule has 0 fully saturated rings. The summed E-state index contributed by atoms with van der Waals surface area (Å²) in [5.74, 6) is -2.85. The Labute approximate surface area is 149 Å². The second-order valence-electron chi connectivity index (χ2n) is 5.57. The number of halogens is 2. The number of carbonyl (C=O) groups excluding carboxylic acids is 2. The van der Waals surface area contributed by atoms with Gasteiger partial charge in [0.1, 0.15) is 17.7 Å². The highest BCUT2D eigenvalue weighted by Gasteiger charge is 2.22. The van der Waals surface area contributed by atoms with Gasteiger partial charge in [-0.3, -0.25) is 4.79 Å². The van der Waals surface area contributed by atoms with Crippen LogP contribution in [0.15, 0.2) is 42.5 Å². The molecule has 0 aliphatic heterocycles. The first kappa shape index (κ1) is 19.1. The monoisotopic (exact) mass is 358 g/mol. The Balaban J connectivity index is 2.10.